The van der Waals surface area contributed by atoms with Gasteiger partial charge in [-0.2, -0.15) is 0 Å². The summed E-state index contributed by atoms with van der Waals surface area (Å²) in [6.07, 6.45) is 0. The number of fused-ring (bicyclic) bond motifs is 1. The van der Waals surface area contributed by atoms with E-state index in [1.807, 2.05) is 25.2 Å². The minimum absolute atomic E-state index is 0.337. The second-order valence-corrected chi connectivity index (χ2v) is 3.03. The molecule has 70 valence electrons. The molecule has 1 heterocycles. The lowest BCUT2D eigenvalue weighted by Crippen LogP contribution is -2.16. The van der Waals surface area contributed by atoms with E-state index < -0.39 is 0 Å². The fourth-order valence-corrected chi connectivity index (χ4v) is 1.39. The van der Waals surface area contributed by atoms with Crippen LogP contribution in [0.4, 0.5) is 5.69 Å². The van der Waals surface area contributed by atoms with Crippen LogP contribution in [0.25, 0.3) is 0 Å². The number of hydrogen-bond acceptors (Lipinski definition) is 3. The van der Waals surface area contributed by atoms with Crippen LogP contribution >= 0.6 is 0 Å². The summed E-state index contributed by atoms with van der Waals surface area (Å²) in [5.74, 6) is 1.71. The molecule has 13 heavy (non-hydrogen) atoms. The molecular weight excluding hydrogens is 166 g/mol. The van der Waals surface area contributed by atoms with Crippen LogP contribution in [0.15, 0.2) is 18.2 Å². The third kappa shape index (κ3) is 1.30. The highest BCUT2D eigenvalue weighted by Crippen LogP contribution is 2.40. The third-order valence-corrected chi connectivity index (χ3v) is 2.26. The van der Waals surface area contributed by atoms with Crippen molar-refractivity contribution < 1.29 is 9.47 Å². The molecule has 1 aromatic rings. The van der Waals surface area contributed by atoms with Crippen LogP contribution in [0.2, 0.25) is 0 Å². The van der Waals surface area contributed by atoms with E-state index in [4.69, 9.17) is 9.47 Å². The van der Waals surface area contributed by atoms with Gasteiger partial charge in [0.25, 0.3) is 0 Å². The standard InChI is InChI=1S/C10H13NO2/c1-3-11(2)8-5-4-6-9-10(8)13-7-12-9/h4-6H,3,7H2,1-2H3. The zero-order valence-corrected chi connectivity index (χ0v) is 7.91. The summed E-state index contributed by atoms with van der Waals surface area (Å²) in [4.78, 5) is 2.13. The molecule has 0 saturated heterocycles. The lowest BCUT2D eigenvalue weighted by atomic mass is 10.2. The largest absolute Gasteiger partial charge is 0.454 e. The van der Waals surface area contributed by atoms with Gasteiger partial charge in [-0.1, -0.05) is 6.07 Å². The van der Waals surface area contributed by atoms with Gasteiger partial charge in [0, 0.05) is 13.6 Å². The summed E-state index contributed by atoms with van der Waals surface area (Å²) >= 11 is 0. The first-order valence-electron chi connectivity index (χ1n) is 4.42. The molecule has 1 aliphatic heterocycles. The monoisotopic (exact) mass is 179 g/mol. The number of para-hydroxylation sites is 1. The number of anilines is 1. The first kappa shape index (κ1) is 8.23. The van der Waals surface area contributed by atoms with E-state index in [0.717, 1.165) is 23.7 Å². The van der Waals surface area contributed by atoms with Crippen LogP contribution in [-0.2, 0) is 0 Å². The fourth-order valence-electron chi connectivity index (χ4n) is 1.39. The van der Waals surface area contributed by atoms with Gasteiger partial charge in [-0.3, -0.25) is 0 Å². The quantitative estimate of drug-likeness (QED) is 0.691. The number of nitrogens with zero attached hydrogens (tertiary/aromatic N) is 1. The minimum Gasteiger partial charge on any atom is -0.454 e. The van der Waals surface area contributed by atoms with Crippen LogP contribution in [0.5, 0.6) is 11.5 Å². The summed E-state index contributed by atoms with van der Waals surface area (Å²) in [6, 6.07) is 5.95. The Morgan fingerprint density at radius 3 is 3.00 bits per heavy atom. The van der Waals surface area contributed by atoms with Crippen molar-refractivity contribution >= 4 is 5.69 Å². The Morgan fingerprint density at radius 1 is 1.38 bits per heavy atom. The predicted octanol–water partition coefficient (Wildman–Crippen LogP) is 1.87. The Hall–Kier alpha value is -1.38. The van der Waals surface area contributed by atoms with E-state index in [9.17, 15) is 0 Å². The highest BCUT2D eigenvalue weighted by molar-refractivity contribution is 5.65. The zero-order chi connectivity index (χ0) is 9.26. The minimum atomic E-state index is 0.337. The second kappa shape index (κ2) is 3.17. The summed E-state index contributed by atoms with van der Waals surface area (Å²) in [7, 11) is 2.04. The molecule has 0 N–H and O–H groups in total. The van der Waals surface area contributed by atoms with Crippen molar-refractivity contribution in [1.82, 2.24) is 0 Å². The van der Waals surface area contributed by atoms with Crippen molar-refractivity contribution in [2.45, 2.75) is 6.92 Å². The molecule has 0 aromatic heterocycles. The van der Waals surface area contributed by atoms with Gasteiger partial charge in [0.15, 0.2) is 11.5 Å². The third-order valence-electron chi connectivity index (χ3n) is 2.26. The molecule has 0 atom stereocenters. The van der Waals surface area contributed by atoms with Crippen LogP contribution in [0, 0.1) is 0 Å². The Bertz CT molecular complexity index is 312. The zero-order valence-electron chi connectivity index (χ0n) is 7.91. The molecule has 0 fully saturated rings. The number of hydrogen-bond donors (Lipinski definition) is 0. The van der Waals surface area contributed by atoms with Gasteiger partial charge >= 0.3 is 0 Å². The normalized spacial score (nSPS) is 13.1. The summed E-state index contributed by atoms with van der Waals surface area (Å²) in [5, 5.41) is 0. The molecule has 1 aromatic carbocycles. The molecule has 0 radical (unpaired) electrons. The van der Waals surface area contributed by atoms with Gasteiger partial charge in [-0.15, -0.1) is 0 Å². The molecule has 0 amide bonds. The van der Waals surface area contributed by atoms with E-state index in [0.29, 0.717) is 6.79 Å². The van der Waals surface area contributed by atoms with Crippen molar-refractivity contribution in [3.05, 3.63) is 18.2 Å². The lowest BCUT2D eigenvalue weighted by Gasteiger charge is -2.18. The SMILES string of the molecule is CCN(C)c1cccc2c1OCO2. The van der Waals surface area contributed by atoms with Crippen molar-refractivity contribution in [2.75, 3.05) is 25.3 Å². The lowest BCUT2D eigenvalue weighted by molar-refractivity contribution is 0.174. The summed E-state index contributed by atoms with van der Waals surface area (Å²) in [6.45, 7) is 3.40. The van der Waals surface area contributed by atoms with E-state index in [1.165, 1.54) is 0 Å². The topological polar surface area (TPSA) is 21.7 Å². The van der Waals surface area contributed by atoms with Crippen LogP contribution in [-0.4, -0.2) is 20.4 Å². The van der Waals surface area contributed by atoms with Gasteiger partial charge in [0.05, 0.1) is 5.69 Å². The molecule has 3 nitrogen and oxygen atoms in total. The van der Waals surface area contributed by atoms with Crippen molar-refractivity contribution in [3.8, 4) is 11.5 Å². The molecule has 0 saturated carbocycles. The van der Waals surface area contributed by atoms with Crippen LogP contribution < -0.4 is 14.4 Å². The highest BCUT2D eigenvalue weighted by atomic mass is 16.7. The molecular formula is C10H13NO2. The van der Waals surface area contributed by atoms with Gasteiger partial charge < -0.3 is 14.4 Å². The van der Waals surface area contributed by atoms with E-state index in [2.05, 4.69) is 11.8 Å². The number of benzene rings is 1. The maximum absolute atomic E-state index is 5.39. The van der Waals surface area contributed by atoms with E-state index >= 15 is 0 Å². The average Bonchev–Trinajstić information content (AvgIpc) is 2.63. The van der Waals surface area contributed by atoms with Gasteiger partial charge in [0.1, 0.15) is 0 Å². The van der Waals surface area contributed by atoms with Crippen molar-refractivity contribution in [3.63, 3.8) is 0 Å². The van der Waals surface area contributed by atoms with Gasteiger partial charge in [-0.05, 0) is 19.1 Å². The molecule has 0 unspecified atom stereocenters. The molecule has 0 spiro atoms. The second-order valence-electron chi connectivity index (χ2n) is 3.03. The first-order chi connectivity index (χ1) is 6.33. The molecule has 0 aliphatic carbocycles. The Labute approximate surface area is 77.9 Å². The summed E-state index contributed by atoms with van der Waals surface area (Å²) in [5.41, 5.74) is 1.09. The molecule has 1 aliphatic rings. The molecule has 3 heteroatoms. The molecule has 0 bridgehead atoms. The first-order valence-corrected chi connectivity index (χ1v) is 4.42. The van der Waals surface area contributed by atoms with Gasteiger partial charge in [0.2, 0.25) is 6.79 Å². The van der Waals surface area contributed by atoms with E-state index in [1.54, 1.807) is 0 Å². The van der Waals surface area contributed by atoms with E-state index in [-0.39, 0.29) is 0 Å². The van der Waals surface area contributed by atoms with Crippen molar-refractivity contribution in [2.24, 2.45) is 0 Å². The molecule has 2 rings (SSSR count). The van der Waals surface area contributed by atoms with Crippen LogP contribution in [0.1, 0.15) is 6.92 Å². The number of ether oxygens (including phenoxy) is 2. The average molecular weight is 179 g/mol. The Morgan fingerprint density at radius 2 is 2.23 bits per heavy atom. The van der Waals surface area contributed by atoms with Crippen LogP contribution in [0.3, 0.4) is 0 Å². The smallest absolute Gasteiger partial charge is 0.231 e. The number of rotatable bonds is 2. The van der Waals surface area contributed by atoms with Gasteiger partial charge in [-0.25, -0.2) is 0 Å². The Balaban J connectivity index is 2.41. The van der Waals surface area contributed by atoms with Crippen molar-refractivity contribution in [1.29, 1.82) is 0 Å². The highest BCUT2D eigenvalue weighted by Gasteiger charge is 2.18. The maximum Gasteiger partial charge on any atom is 0.231 e. The fraction of sp³-hybridized carbons (Fsp3) is 0.400. The maximum atomic E-state index is 5.39. The predicted molar refractivity (Wildman–Crippen MR) is 51.5 cm³/mol. The summed E-state index contributed by atoms with van der Waals surface area (Å²) < 4.78 is 10.7. The Kier molecular flexibility index (Phi) is 2.00.